The van der Waals surface area contributed by atoms with Gasteiger partial charge in [-0.1, -0.05) is 44.2 Å². The molecule has 1 aliphatic heterocycles. The first-order chi connectivity index (χ1) is 13.4. The average molecular weight is 380 g/mol. The molecule has 1 aliphatic carbocycles. The normalized spacial score (nSPS) is 23.5. The minimum Gasteiger partial charge on any atom is -0.348 e. The fourth-order valence-corrected chi connectivity index (χ4v) is 4.50. The molecule has 1 spiro atoms. The highest BCUT2D eigenvalue weighted by molar-refractivity contribution is 5.38. The summed E-state index contributed by atoms with van der Waals surface area (Å²) < 4.78 is 12.0. The second kappa shape index (κ2) is 8.64. The predicted molar refractivity (Wildman–Crippen MR) is 113 cm³/mol. The summed E-state index contributed by atoms with van der Waals surface area (Å²) in [5.74, 6) is 0.204. The Balaban J connectivity index is 1.65. The summed E-state index contributed by atoms with van der Waals surface area (Å²) in [6.45, 7) is 12.3. The molecule has 0 radical (unpaired) electrons. The summed E-state index contributed by atoms with van der Waals surface area (Å²) >= 11 is 0. The van der Waals surface area contributed by atoms with Gasteiger partial charge in [0, 0.05) is 12.8 Å². The zero-order valence-corrected chi connectivity index (χ0v) is 17.6. The van der Waals surface area contributed by atoms with Gasteiger partial charge in [-0.2, -0.15) is 5.26 Å². The van der Waals surface area contributed by atoms with Crippen molar-refractivity contribution in [3.63, 3.8) is 0 Å². The third-order valence-corrected chi connectivity index (χ3v) is 6.71. The quantitative estimate of drug-likeness (QED) is 0.580. The molecule has 2 aliphatic rings. The molecule has 1 saturated carbocycles. The van der Waals surface area contributed by atoms with Crippen LogP contribution < -0.4 is 0 Å². The lowest BCUT2D eigenvalue weighted by atomic mass is 9.65. The third kappa shape index (κ3) is 4.74. The van der Waals surface area contributed by atoms with E-state index in [0.717, 1.165) is 57.3 Å². The summed E-state index contributed by atoms with van der Waals surface area (Å²) in [4.78, 5) is 0. The lowest BCUT2D eigenvalue weighted by Gasteiger charge is -2.45. The Labute approximate surface area is 170 Å². The van der Waals surface area contributed by atoms with Gasteiger partial charge in [-0.05, 0) is 67.2 Å². The number of nitriles is 1. The maximum Gasteiger partial charge on any atom is 0.168 e. The van der Waals surface area contributed by atoms with Gasteiger partial charge in [-0.25, -0.2) is 0 Å². The summed E-state index contributed by atoms with van der Waals surface area (Å²) in [5.41, 5.74) is 4.80. The van der Waals surface area contributed by atoms with E-state index in [-0.39, 0.29) is 5.79 Å². The van der Waals surface area contributed by atoms with Crippen molar-refractivity contribution in [1.29, 1.82) is 5.26 Å². The average Bonchev–Trinajstić information content (AvgIpc) is 3.14. The summed E-state index contributed by atoms with van der Waals surface area (Å²) in [7, 11) is 0. The van der Waals surface area contributed by atoms with Crippen molar-refractivity contribution in [2.75, 3.05) is 13.2 Å². The molecule has 1 unspecified atom stereocenters. The van der Waals surface area contributed by atoms with Crippen LogP contribution in [-0.4, -0.2) is 19.0 Å². The number of allylic oxidation sites excluding steroid dienone is 3. The van der Waals surface area contributed by atoms with Crippen molar-refractivity contribution in [2.24, 2.45) is 11.3 Å². The Morgan fingerprint density at radius 1 is 1.29 bits per heavy atom. The molecule has 28 heavy (non-hydrogen) atoms. The van der Waals surface area contributed by atoms with Crippen molar-refractivity contribution in [2.45, 2.75) is 65.1 Å². The van der Waals surface area contributed by atoms with Crippen LogP contribution in [0.4, 0.5) is 0 Å². The number of aryl methyl sites for hydroxylation is 2. The molecule has 1 saturated heterocycles. The molecule has 3 rings (SSSR count). The summed E-state index contributed by atoms with van der Waals surface area (Å²) in [6, 6.07) is 8.18. The molecular formula is C25H33NO2. The van der Waals surface area contributed by atoms with Gasteiger partial charge >= 0.3 is 0 Å². The van der Waals surface area contributed by atoms with Gasteiger partial charge in [0.25, 0.3) is 0 Å². The summed E-state index contributed by atoms with van der Waals surface area (Å²) in [5, 5.41) is 9.14. The Hall–Kier alpha value is -1.89. The highest BCUT2D eigenvalue weighted by atomic mass is 16.7. The Morgan fingerprint density at radius 2 is 2.04 bits per heavy atom. The van der Waals surface area contributed by atoms with Crippen LogP contribution in [0.2, 0.25) is 0 Å². The zero-order chi connectivity index (χ0) is 20.2. The van der Waals surface area contributed by atoms with E-state index in [0.29, 0.717) is 11.3 Å². The van der Waals surface area contributed by atoms with Crippen LogP contribution in [0.5, 0.6) is 0 Å². The van der Waals surface area contributed by atoms with Gasteiger partial charge < -0.3 is 9.47 Å². The van der Waals surface area contributed by atoms with Gasteiger partial charge in [0.15, 0.2) is 5.79 Å². The molecule has 0 aromatic heterocycles. The van der Waals surface area contributed by atoms with Crippen LogP contribution in [0, 0.1) is 29.6 Å². The fourth-order valence-electron chi connectivity index (χ4n) is 4.50. The lowest BCUT2D eigenvalue weighted by Crippen LogP contribution is -2.43. The predicted octanol–water partition coefficient (Wildman–Crippen LogP) is 5.87. The van der Waals surface area contributed by atoms with Crippen molar-refractivity contribution in [1.82, 2.24) is 0 Å². The lowest BCUT2D eigenvalue weighted by molar-refractivity contribution is -0.203. The number of hydrogen-bond acceptors (Lipinski definition) is 3. The van der Waals surface area contributed by atoms with Crippen LogP contribution in [0.1, 0.15) is 62.6 Å². The van der Waals surface area contributed by atoms with Crippen molar-refractivity contribution < 1.29 is 9.47 Å². The first-order valence-electron chi connectivity index (χ1n) is 10.5. The topological polar surface area (TPSA) is 42.2 Å². The van der Waals surface area contributed by atoms with Gasteiger partial charge in [0.2, 0.25) is 0 Å². The highest BCUT2D eigenvalue weighted by Gasteiger charge is 2.47. The molecule has 3 heteroatoms. The van der Waals surface area contributed by atoms with Gasteiger partial charge in [-0.3, -0.25) is 0 Å². The second-order valence-electron chi connectivity index (χ2n) is 8.97. The highest BCUT2D eigenvalue weighted by Crippen LogP contribution is 2.49. The van der Waals surface area contributed by atoms with E-state index in [1.54, 1.807) is 0 Å². The molecule has 2 fully saturated rings. The van der Waals surface area contributed by atoms with E-state index in [2.05, 4.69) is 39.5 Å². The number of benzene rings is 1. The molecule has 0 N–H and O–H groups in total. The van der Waals surface area contributed by atoms with E-state index in [4.69, 9.17) is 14.7 Å². The fraction of sp³-hybridized carbons (Fsp3) is 0.560. The summed E-state index contributed by atoms with van der Waals surface area (Å²) in [6.07, 6.45) is 10.4. The molecular weight excluding hydrogens is 346 g/mol. The molecule has 1 aromatic carbocycles. The van der Waals surface area contributed by atoms with E-state index in [1.165, 1.54) is 16.7 Å². The first-order valence-corrected chi connectivity index (χ1v) is 10.5. The number of nitrogens with zero attached hydrogens (tertiary/aromatic N) is 1. The first kappa shape index (κ1) is 20.8. The minimum absolute atomic E-state index is 0.293. The Bertz CT molecular complexity index is 778. The van der Waals surface area contributed by atoms with E-state index in [1.807, 2.05) is 24.3 Å². The SMILES string of the molecule is C=C/C(=C\CC1CC2(CCC1(C)C)OCCO2)CCc1cc(C#N)ccc1C. The maximum absolute atomic E-state index is 9.14. The van der Waals surface area contributed by atoms with Crippen molar-refractivity contribution >= 4 is 0 Å². The van der Waals surface area contributed by atoms with Gasteiger partial charge in [0.1, 0.15) is 0 Å². The van der Waals surface area contributed by atoms with E-state index < -0.39 is 0 Å². The monoisotopic (exact) mass is 379 g/mol. The van der Waals surface area contributed by atoms with E-state index >= 15 is 0 Å². The third-order valence-electron chi connectivity index (χ3n) is 6.71. The van der Waals surface area contributed by atoms with Crippen LogP contribution in [0.25, 0.3) is 0 Å². The number of hydrogen-bond donors (Lipinski definition) is 0. The van der Waals surface area contributed by atoms with Crippen LogP contribution in [0.15, 0.2) is 42.5 Å². The van der Waals surface area contributed by atoms with Crippen molar-refractivity contribution in [3.8, 4) is 6.07 Å². The standard InChI is InChI=1S/C25H33NO2/c1-5-20(8-10-22-16-21(18-26)7-6-19(22)2)9-11-23-17-25(27-14-15-28-25)13-12-24(23,3)4/h5-7,9,16,23H,1,8,10-15,17H2,2-4H3/b20-9+. The molecule has 1 aromatic rings. The second-order valence-corrected chi connectivity index (χ2v) is 8.97. The molecule has 1 heterocycles. The van der Waals surface area contributed by atoms with Gasteiger partial charge in [-0.15, -0.1) is 0 Å². The Kier molecular flexibility index (Phi) is 6.43. The van der Waals surface area contributed by atoms with Gasteiger partial charge in [0.05, 0.1) is 24.8 Å². The minimum atomic E-state index is -0.336. The number of ether oxygens (including phenoxy) is 2. The molecule has 150 valence electrons. The largest absolute Gasteiger partial charge is 0.348 e. The van der Waals surface area contributed by atoms with E-state index in [9.17, 15) is 0 Å². The smallest absolute Gasteiger partial charge is 0.168 e. The molecule has 3 nitrogen and oxygen atoms in total. The van der Waals surface area contributed by atoms with Crippen LogP contribution >= 0.6 is 0 Å². The van der Waals surface area contributed by atoms with Crippen molar-refractivity contribution in [3.05, 3.63) is 59.2 Å². The zero-order valence-electron chi connectivity index (χ0n) is 17.6. The number of rotatable bonds is 6. The van der Waals surface area contributed by atoms with Crippen LogP contribution in [0.3, 0.4) is 0 Å². The van der Waals surface area contributed by atoms with Crippen LogP contribution in [-0.2, 0) is 15.9 Å². The molecule has 0 amide bonds. The molecule has 0 bridgehead atoms. The Morgan fingerprint density at radius 3 is 2.71 bits per heavy atom. The maximum atomic E-state index is 9.14. The molecule has 1 atom stereocenters.